The Kier molecular flexibility index (Phi) is 4.40. The fraction of sp³-hybridized carbons (Fsp3) is 0. The van der Waals surface area contributed by atoms with Gasteiger partial charge in [-0.15, -0.1) is 0 Å². The van der Waals surface area contributed by atoms with E-state index in [4.69, 9.17) is 5.14 Å². The number of hydrogen-bond acceptors (Lipinski definition) is 3. The van der Waals surface area contributed by atoms with Gasteiger partial charge in [-0.05, 0) is 36.4 Å². The summed E-state index contributed by atoms with van der Waals surface area (Å²) in [5, 5.41) is 7.33. The molecule has 0 aliphatic carbocycles. The van der Waals surface area contributed by atoms with Crippen molar-refractivity contribution in [2.75, 3.05) is 5.32 Å². The number of nitrogens with one attached hydrogen (secondary N) is 1. The average molecular weight is 373 g/mol. The number of hydrogen-bond donors (Lipinski definition) is 2. The quantitative estimate of drug-likeness (QED) is 0.866. The minimum Gasteiger partial charge on any atom is -0.322 e. The summed E-state index contributed by atoms with van der Waals surface area (Å²) in [5.41, 5.74) is 0.505. The van der Waals surface area contributed by atoms with Gasteiger partial charge in [-0.1, -0.05) is 22.0 Å². The number of nitrogens with two attached hydrogens (primary N) is 1. The fourth-order valence-corrected chi connectivity index (χ4v) is 2.63. The lowest BCUT2D eigenvalue weighted by Gasteiger charge is -2.07. The molecule has 1 amide bonds. The molecular weight excluding hydrogens is 363 g/mol. The van der Waals surface area contributed by atoms with Crippen LogP contribution in [-0.4, -0.2) is 14.3 Å². The molecule has 0 radical (unpaired) electrons. The van der Waals surface area contributed by atoms with Crippen LogP contribution in [0, 0.1) is 5.82 Å². The van der Waals surface area contributed by atoms with Crippen molar-refractivity contribution in [3.63, 3.8) is 0 Å². The molecule has 0 aliphatic heterocycles. The van der Waals surface area contributed by atoms with Gasteiger partial charge in [0.1, 0.15) is 10.7 Å². The molecule has 5 nitrogen and oxygen atoms in total. The first-order valence-electron chi connectivity index (χ1n) is 5.66. The van der Waals surface area contributed by atoms with Gasteiger partial charge in [-0.3, -0.25) is 4.79 Å². The molecule has 2 rings (SSSR count). The Morgan fingerprint density at radius 1 is 1.19 bits per heavy atom. The summed E-state index contributed by atoms with van der Waals surface area (Å²) < 4.78 is 36.6. The zero-order chi connectivity index (χ0) is 15.6. The number of rotatable bonds is 3. The number of carbonyl (C=O) groups excluding carboxylic acids is 1. The molecule has 0 spiro atoms. The molecule has 3 N–H and O–H groups in total. The molecule has 0 heterocycles. The van der Waals surface area contributed by atoms with Crippen molar-refractivity contribution in [2.45, 2.75) is 4.90 Å². The zero-order valence-electron chi connectivity index (χ0n) is 10.5. The van der Waals surface area contributed by atoms with Gasteiger partial charge >= 0.3 is 0 Å². The lowest BCUT2D eigenvalue weighted by Crippen LogP contribution is -2.15. The Morgan fingerprint density at radius 3 is 2.48 bits per heavy atom. The van der Waals surface area contributed by atoms with E-state index in [9.17, 15) is 17.6 Å². The smallest absolute Gasteiger partial charge is 0.255 e. The highest BCUT2D eigenvalue weighted by Gasteiger charge is 2.15. The van der Waals surface area contributed by atoms with Gasteiger partial charge in [0.25, 0.3) is 5.91 Å². The molecule has 0 saturated heterocycles. The maximum atomic E-state index is 13.6. The van der Waals surface area contributed by atoms with Crippen LogP contribution in [-0.2, 0) is 10.0 Å². The Balaban J connectivity index is 2.25. The third kappa shape index (κ3) is 3.87. The number of primary sulfonamides is 1. The van der Waals surface area contributed by atoms with E-state index in [0.29, 0.717) is 5.56 Å². The molecule has 0 aliphatic rings. The summed E-state index contributed by atoms with van der Waals surface area (Å²) in [4.78, 5) is 11.3. The summed E-state index contributed by atoms with van der Waals surface area (Å²) in [7, 11) is -4.13. The first-order chi connectivity index (χ1) is 9.77. The highest BCUT2D eigenvalue weighted by molar-refractivity contribution is 9.10. The van der Waals surface area contributed by atoms with Crippen molar-refractivity contribution in [3.05, 3.63) is 58.3 Å². The zero-order valence-corrected chi connectivity index (χ0v) is 12.9. The normalized spacial score (nSPS) is 11.2. The van der Waals surface area contributed by atoms with E-state index in [2.05, 4.69) is 21.2 Å². The molecule has 0 bridgehead atoms. The van der Waals surface area contributed by atoms with E-state index in [-0.39, 0.29) is 5.69 Å². The van der Waals surface area contributed by atoms with Crippen molar-refractivity contribution >= 4 is 37.5 Å². The van der Waals surface area contributed by atoms with Crippen molar-refractivity contribution in [2.24, 2.45) is 5.14 Å². The molecule has 0 saturated carbocycles. The second-order valence-electron chi connectivity index (χ2n) is 4.15. The van der Waals surface area contributed by atoms with Gasteiger partial charge in [0.2, 0.25) is 10.0 Å². The lowest BCUT2D eigenvalue weighted by atomic mass is 10.2. The number of anilines is 1. The van der Waals surface area contributed by atoms with Crippen LogP contribution in [0.15, 0.2) is 51.8 Å². The number of carbonyl (C=O) groups is 1. The molecule has 0 aromatic heterocycles. The predicted molar refractivity (Wildman–Crippen MR) is 79.9 cm³/mol. The van der Waals surface area contributed by atoms with E-state index < -0.39 is 26.6 Å². The van der Waals surface area contributed by atoms with E-state index in [1.165, 1.54) is 6.07 Å². The van der Waals surface area contributed by atoms with Crippen LogP contribution < -0.4 is 10.5 Å². The Labute approximate surface area is 129 Å². The van der Waals surface area contributed by atoms with E-state index >= 15 is 0 Å². The first-order valence-corrected chi connectivity index (χ1v) is 8.00. The third-order valence-electron chi connectivity index (χ3n) is 2.58. The Morgan fingerprint density at radius 2 is 1.90 bits per heavy atom. The molecule has 8 heteroatoms. The van der Waals surface area contributed by atoms with Gasteiger partial charge < -0.3 is 5.32 Å². The monoisotopic (exact) mass is 372 g/mol. The van der Waals surface area contributed by atoms with Crippen LogP contribution >= 0.6 is 15.9 Å². The predicted octanol–water partition coefficient (Wildman–Crippen LogP) is 2.49. The van der Waals surface area contributed by atoms with Crippen LogP contribution in [0.25, 0.3) is 0 Å². The summed E-state index contributed by atoms with van der Waals surface area (Å²) >= 11 is 3.24. The second kappa shape index (κ2) is 5.92. The highest BCUT2D eigenvalue weighted by atomic mass is 79.9. The average Bonchev–Trinajstić information content (AvgIpc) is 2.37. The molecule has 0 atom stereocenters. The number of amides is 1. The molecule has 0 fully saturated rings. The molecule has 110 valence electrons. The van der Waals surface area contributed by atoms with Crippen LogP contribution in [0.2, 0.25) is 0 Å². The number of halogens is 2. The van der Waals surface area contributed by atoms with Crippen LogP contribution in [0.1, 0.15) is 10.4 Å². The highest BCUT2D eigenvalue weighted by Crippen LogP contribution is 2.19. The van der Waals surface area contributed by atoms with Gasteiger partial charge in [0.15, 0.2) is 0 Å². The van der Waals surface area contributed by atoms with Gasteiger partial charge in [-0.25, -0.2) is 17.9 Å². The van der Waals surface area contributed by atoms with Crippen molar-refractivity contribution in [1.29, 1.82) is 0 Å². The van der Waals surface area contributed by atoms with Gasteiger partial charge in [0, 0.05) is 15.7 Å². The van der Waals surface area contributed by atoms with Crippen molar-refractivity contribution in [3.8, 4) is 0 Å². The maximum Gasteiger partial charge on any atom is 0.255 e. The molecule has 2 aromatic rings. The lowest BCUT2D eigenvalue weighted by molar-refractivity contribution is 0.102. The van der Waals surface area contributed by atoms with E-state index in [1.807, 2.05) is 0 Å². The Bertz CT molecular complexity index is 809. The third-order valence-corrected chi connectivity index (χ3v) is 4.02. The van der Waals surface area contributed by atoms with Crippen LogP contribution in [0.4, 0.5) is 10.1 Å². The van der Waals surface area contributed by atoms with Crippen molar-refractivity contribution in [1.82, 2.24) is 0 Å². The maximum absolute atomic E-state index is 13.6. The molecule has 0 unspecified atom stereocenters. The summed E-state index contributed by atoms with van der Waals surface area (Å²) in [6.45, 7) is 0. The standard InChI is InChI=1S/C13H10BrFN2O3S/c14-9-3-1-2-8(6-9)13(18)17-10-4-5-12(11(15)7-10)21(16,19)20/h1-7H,(H,17,18)(H2,16,19,20). The minimum absolute atomic E-state index is 0.130. The fourth-order valence-electron chi connectivity index (χ4n) is 1.64. The van der Waals surface area contributed by atoms with Gasteiger partial charge in [0.05, 0.1) is 0 Å². The SMILES string of the molecule is NS(=O)(=O)c1ccc(NC(=O)c2cccc(Br)c2)cc1F. The second-order valence-corrected chi connectivity index (χ2v) is 6.60. The summed E-state index contributed by atoms with van der Waals surface area (Å²) in [5.74, 6) is -1.47. The topological polar surface area (TPSA) is 89.3 Å². The van der Waals surface area contributed by atoms with E-state index in [1.54, 1.807) is 24.3 Å². The summed E-state index contributed by atoms with van der Waals surface area (Å²) in [6, 6.07) is 9.80. The molecule has 21 heavy (non-hydrogen) atoms. The largest absolute Gasteiger partial charge is 0.322 e. The molecular formula is C13H10BrFN2O3S. The first kappa shape index (κ1) is 15.6. The van der Waals surface area contributed by atoms with Crippen LogP contribution in [0.3, 0.4) is 0 Å². The van der Waals surface area contributed by atoms with Crippen LogP contribution in [0.5, 0.6) is 0 Å². The summed E-state index contributed by atoms with van der Waals surface area (Å²) in [6.07, 6.45) is 0. The minimum atomic E-state index is -4.13. The van der Waals surface area contributed by atoms with E-state index in [0.717, 1.165) is 16.6 Å². The number of sulfonamides is 1. The number of benzene rings is 2. The molecule has 2 aromatic carbocycles. The van der Waals surface area contributed by atoms with Gasteiger partial charge in [-0.2, -0.15) is 0 Å². The Hall–Kier alpha value is -1.77. The van der Waals surface area contributed by atoms with Crippen molar-refractivity contribution < 1.29 is 17.6 Å².